The van der Waals surface area contributed by atoms with Crippen LogP contribution >= 0.6 is 0 Å². The molecule has 0 saturated heterocycles. The highest BCUT2D eigenvalue weighted by molar-refractivity contribution is 6.19. The molecule has 0 saturated carbocycles. The highest BCUT2D eigenvalue weighted by Gasteiger charge is 2.20. The van der Waals surface area contributed by atoms with Gasteiger partial charge in [-0.2, -0.15) is 0 Å². The highest BCUT2D eigenvalue weighted by atomic mass is 15.0. The van der Waals surface area contributed by atoms with Gasteiger partial charge >= 0.3 is 0 Å². The van der Waals surface area contributed by atoms with Gasteiger partial charge in [0.05, 0.1) is 38.8 Å². The molecule has 12 aromatic rings. The molecule has 0 unspecified atom stereocenters. The molecule has 0 aliphatic carbocycles. The third-order valence-electron chi connectivity index (χ3n) is 11.6. The minimum Gasteiger partial charge on any atom is -0.309 e. The maximum Gasteiger partial charge on any atom is 0.0549 e. The monoisotopic (exact) mass is 699 g/mol. The van der Waals surface area contributed by atoms with E-state index in [1.54, 1.807) is 0 Å². The summed E-state index contributed by atoms with van der Waals surface area (Å²) < 4.78 is 7.31. The van der Waals surface area contributed by atoms with E-state index in [9.17, 15) is 0 Å². The van der Waals surface area contributed by atoms with Crippen LogP contribution < -0.4 is 0 Å². The summed E-state index contributed by atoms with van der Waals surface area (Å²) in [6.07, 6.45) is 0. The van der Waals surface area contributed by atoms with Gasteiger partial charge in [-0.1, -0.05) is 133 Å². The summed E-state index contributed by atoms with van der Waals surface area (Å²) in [6, 6.07) is 73.2. The molecule has 3 heteroatoms. The van der Waals surface area contributed by atoms with E-state index >= 15 is 0 Å². The Labute approximate surface area is 317 Å². The molecule has 9 aromatic carbocycles. The normalized spacial score (nSPS) is 12.0. The fraction of sp³-hybridized carbons (Fsp3) is 0. The Hall–Kier alpha value is -7.36. The van der Waals surface area contributed by atoms with Crippen LogP contribution in [0, 0.1) is 0 Å². The largest absolute Gasteiger partial charge is 0.309 e. The summed E-state index contributed by atoms with van der Waals surface area (Å²) >= 11 is 0. The molecular formula is C52H33N3. The summed E-state index contributed by atoms with van der Waals surface area (Å²) in [5, 5.41) is 9.99. The smallest absolute Gasteiger partial charge is 0.0549 e. The average Bonchev–Trinajstić information content (AvgIpc) is 3.88. The van der Waals surface area contributed by atoms with Gasteiger partial charge < -0.3 is 13.7 Å². The number of fused-ring (bicyclic) bond motifs is 10. The molecule has 256 valence electrons. The van der Waals surface area contributed by atoms with Crippen LogP contribution in [0.15, 0.2) is 200 Å². The zero-order valence-corrected chi connectivity index (χ0v) is 29.9. The lowest BCUT2D eigenvalue weighted by Crippen LogP contribution is -1.96. The van der Waals surface area contributed by atoms with Gasteiger partial charge in [-0.3, -0.25) is 0 Å². The van der Waals surface area contributed by atoms with Crippen molar-refractivity contribution in [3.8, 4) is 28.2 Å². The van der Waals surface area contributed by atoms with Gasteiger partial charge in [0, 0.05) is 49.1 Å². The lowest BCUT2D eigenvalue weighted by atomic mass is 10.0. The number of para-hydroxylation sites is 4. The van der Waals surface area contributed by atoms with E-state index in [-0.39, 0.29) is 0 Å². The number of hydrogen-bond donors (Lipinski definition) is 0. The van der Waals surface area contributed by atoms with Gasteiger partial charge in [-0.25, -0.2) is 0 Å². The first-order chi connectivity index (χ1) is 27.3. The second-order valence-corrected chi connectivity index (χ2v) is 14.6. The zero-order valence-electron chi connectivity index (χ0n) is 29.9. The third-order valence-corrected chi connectivity index (χ3v) is 11.6. The van der Waals surface area contributed by atoms with Crippen molar-refractivity contribution in [2.75, 3.05) is 0 Å². The SMILES string of the molecule is c1ccc(-n2c3ccccc3c3ccc(-c4cccc(-n5c6ccccc6c6cc7c(cc65)c5ccccc5n7-c5cccc6ccccc56)c4)cc32)cc1. The summed E-state index contributed by atoms with van der Waals surface area (Å²) in [7, 11) is 0. The van der Waals surface area contributed by atoms with Crippen LogP contribution in [0.1, 0.15) is 0 Å². The molecule has 0 spiro atoms. The minimum atomic E-state index is 1.14. The van der Waals surface area contributed by atoms with Crippen molar-refractivity contribution in [2.24, 2.45) is 0 Å². The molecule has 0 N–H and O–H groups in total. The predicted molar refractivity (Wildman–Crippen MR) is 232 cm³/mol. The third kappa shape index (κ3) is 4.38. The van der Waals surface area contributed by atoms with Gasteiger partial charge in [0.2, 0.25) is 0 Å². The summed E-state index contributed by atoms with van der Waals surface area (Å²) in [6.45, 7) is 0. The van der Waals surface area contributed by atoms with Gasteiger partial charge in [-0.05, 0) is 83.2 Å². The Morgan fingerprint density at radius 3 is 1.44 bits per heavy atom. The Balaban J connectivity index is 1.09. The number of nitrogens with zero attached hydrogens (tertiary/aromatic N) is 3. The molecular weight excluding hydrogens is 667 g/mol. The predicted octanol–water partition coefficient (Wildman–Crippen LogP) is 13.8. The Morgan fingerprint density at radius 1 is 0.236 bits per heavy atom. The van der Waals surface area contributed by atoms with Crippen LogP contribution in [0.2, 0.25) is 0 Å². The van der Waals surface area contributed by atoms with Crippen LogP contribution in [-0.2, 0) is 0 Å². The van der Waals surface area contributed by atoms with Gasteiger partial charge in [0.25, 0.3) is 0 Å². The molecule has 0 amide bonds. The Bertz CT molecular complexity index is 3480. The van der Waals surface area contributed by atoms with Crippen molar-refractivity contribution in [1.82, 2.24) is 13.7 Å². The van der Waals surface area contributed by atoms with E-state index in [1.807, 2.05) is 0 Å². The first-order valence-corrected chi connectivity index (χ1v) is 18.9. The minimum absolute atomic E-state index is 1.14. The molecule has 3 aromatic heterocycles. The molecule has 0 radical (unpaired) electrons. The van der Waals surface area contributed by atoms with Crippen LogP contribution in [-0.4, -0.2) is 13.7 Å². The number of benzene rings is 9. The first kappa shape index (κ1) is 30.1. The molecule has 12 rings (SSSR count). The second-order valence-electron chi connectivity index (χ2n) is 14.6. The van der Waals surface area contributed by atoms with Crippen molar-refractivity contribution >= 4 is 76.2 Å². The first-order valence-electron chi connectivity index (χ1n) is 18.9. The van der Waals surface area contributed by atoms with E-state index in [4.69, 9.17) is 0 Å². The summed E-state index contributed by atoms with van der Waals surface area (Å²) in [4.78, 5) is 0. The van der Waals surface area contributed by atoms with Crippen LogP contribution in [0.4, 0.5) is 0 Å². The van der Waals surface area contributed by atoms with Gasteiger partial charge in [-0.15, -0.1) is 0 Å². The summed E-state index contributed by atoms with van der Waals surface area (Å²) in [5.41, 5.74) is 13.1. The molecule has 0 aliphatic heterocycles. The van der Waals surface area contributed by atoms with Crippen LogP contribution in [0.3, 0.4) is 0 Å². The van der Waals surface area contributed by atoms with Crippen molar-refractivity contribution < 1.29 is 0 Å². The van der Waals surface area contributed by atoms with Gasteiger partial charge in [0.1, 0.15) is 0 Å². The van der Waals surface area contributed by atoms with E-state index in [2.05, 4.69) is 214 Å². The number of aromatic nitrogens is 3. The molecule has 0 atom stereocenters. The van der Waals surface area contributed by atoms with E-state index in [1.165, 1.54) is 93.0 Å². The van der Waals surface area contributed by atoms with Crippen molar-refractivity contribution in [3.05, 3.63) is 200 Å². The lowest BCUT2D eigenvalue weighted by molar-refractivity contribution is 1.18. The van der Waals surface area contributed by atoms with Gasteiger partial charge in [0.15, 0.2) is 0 Å². The number of rotatable bonds is 4. The van der Waals surface area contributed by atoms with E-state index in [0.717, 1.165) is 11.4 Å². The zero-order chi connectivity index (χ0) is 36.0. The maximum atomic E-state index is 2.46. The molecule has 0 fully saturated rings. The van der Waals surface area contributed by atoms with Crippen LogP contribution in [0.5, 0.6) is 0 Å². The standard InChI is InChI=1S/C52H33N3/c1-2-17-37(18-3-1)53-47-24-9-6-21-40(47)43-29-28-36(31-50(43)53)35-16-12-19-38(30-35)54-48-25-10-7-22-41(48)44-33-52-45(32-51(44)54)42-23-8-11-26-49(42)55(52)46-27-13-15-34-14-4-5-20-39(34)46/h1-33H. The average molecular weight is 700 g/mol. The fourth-order valence-corrected chi connectivity index (χ4v) is 9.20. The highest BCUT2D eigenvalue weighted by Crippen LogP contribution is 2.41. The molecule has 3 heterocycles. The Kier molecular flexibility index (Phi) is 6.34. The van der Waals surface area contributed by atoms with Crippen LogP contribution in [0.25, 0.3) is 104 Å². The topological polar surface area (TPSA) is 14.8 Å². The van der Waals surface area contributed by atoms with Crippen molar-refractivity contribution in [1.29, 1.82) is 0 Å². The fourth-order valence-electron chi connectivity index (χ4n) is 9.20. The van der Waals surface area contributed by atoms with Crippen molar-refractivity contribution in [2.45, 2.75) is 0 Å². The van der Waals surface area contributed by atoms with E-state index < -0.39 is 0 Å². The maximum absolute atomic E-state index is 2.46. The molecule has 55 heavy (non-hydrogen) atoms. The number of hydrogen-bond acceptors (Lipinski definition) is 0. The Morgan fingerprint density at radius 2 is 0.709 bits per heavy atom. The molecule has 3 nitrogen and oxygen atoms in total. The van der Waals surface area contributed by atoms with Crippen molar-refractivity contribution in [3.63, 3.8) is 0 Å². The summed E-state index contributed by atoms with van der Waals surface area (Å²) in [5.74, 6) is 0. The molecule has 0 aliphatic rings. The lowest BCUT2D eigenvalue weighted by Gasteiger charge is -2.12. The molecule has 0 bridgehead atoms. The second kappa shape index (κ2) is 11.6. The van der Waals surface area contributed by atoms with E-state index in [0.29, 0.717) is 0 Å². The quantitative estimate of drug-likeness (QED) is 0.174.